The molecule has 118 valence electrons. The predicted molar refractivity (Wildman–Crippen MR) is 94.3 cm³/mol. The number of nitrogens with one attached hydrogen (secondary N) is 1. The number of carbonyl (C=O) groups is 1. The number of amides is 1. The molecule has 5 nitrogen and oxygen atoms in total. The maximum Gasteiger partial charge on any atom is 0.258 e. The number of anilines is 1. The first-order chi connectivity index (χ1) is 11.2. The maximum atomic E-state index is 12.0. The van der Waals surface area contributed by atoms with Crippen LogP contribution in [0.15, 0.2) is 51.6 Å². The van der Waals surface area contributed by atoms with Crippen LogP contribution >= 0.6 is 23.1 Å². The van der Waals surface area contributed by atoms with Crippen LogP contribution in [0.2, 0.25) is 0 Å². The van der Waals surface area contributed by atoms with Crippen LogP contribution in [0.4, 0.5) is 5.69 Å². The van der Waals surface area contributed by atoms with Gasteiger partial charge in [-0.15, -0.1) is 23.1 Å². The zero-order chi connectivity index (χ0) is 16.2. The molecule has 2 heterocycles. The first-order valence-corrected chi connectivity index (χ1v) is 9.01. The maximum absolute atomic E-state index is 12.0. The van der Waals surface area contributed by atoms with Gasteiger partial charge in [0, 0.05) is 34.7 Å². The number of carbonyl (C=O) groups excluding carboxylic acids is 1. The number of hydrogen-bond donors (Lipinski definition) is 1. The van der Waals surface area contributed by atoms with Crippen molar-refractivity contribution in [2.45, 2.75) is 24.0 Å². The molecule has 0 aliphatic rings. The van der Waals surface area contributed by atoms with Crippen molar-refractivity contribution in [3.8, 4) is 0 Å². The quantitative estimate of drug-likeness (QED) is 0.720. The molecule has 0 fully saturated rings. The summed E-state index contributed by atoms with van der Waals surface area (Å²) in [4.78, 5) is 29.7. The smallest absolute Gasteiger partial charge is 0.258 e. The normalized spacial score (nSPS) is 10.8. The van der Waals surface area contributed by atoms with Gasteiger partial charge in [-0.05, 0) is 12.1 Å². The number of nitrogens with zero attached hydrogens (tertiary/aromatic N) is 2. The van der Waals surface area contributed by atoms with E-state index in [4.69, 9.17) is 0 Å². The molecule has 0 aliphatic heterocycles. The number of para-hydroxylation sites is 1. The van der Waals surface area contributed by atoms with E-state index in [2.05, 4.69) is 10.3 Å². The molecule has 0 atom stereocenters. The largest absolute Gasteiger partial charge is 0.325 e. The molecule has 0 saturated heterocycles. The highest BCUT2D eigenvalue weighted by molar-refractivity contribution is 7.98. The van der Waals surface area contributed by atoms with Crippen molar-refractivity contribution in [1.29, 1.82) is 0 Å². The van der Waals surface area contributed by atoms with E-state index < -0.39 is 0 Å². The molecular formula is C16H15N3O2S2. The summed E-state index contributed by atoms with van der Waals surface area (Å²) in [5.74, 6) is 0.553. The second-order valence-corrected chi connectivity index (χ2v) is 6.72. The molecule has 3 rings (SSSR count). The fraction of sp³-hybridized carbons (Fsp3) is 0.188. The Labute approximate surface area is 141 Å². The Hall–Kier alpha value is -2.12. The molecular weight excluding hydrogens is 330 g/mol. The fourth-order valence-corrected chi connectivity index (χ4v) is 3.69. The predicted octanol–water partition coefficient (Wildman–Crippen LogP) is 3.40. The van der Waals surface area contributed by atoms with Gasteiger partial charge in [0.1, 0.15) is 0 Å². The van der Waals surface area contributed by atoms with Crippen molar-refractivity contribution in [2.75, 3.05) is 5.32 Å². The van der Waals surface area contributed by atoms with Crippen molar-refractivity contribution in [2.24, 2.45) is 0 Å². The fourth-order valence-electron chi connectivity index (χ4n) is 2.05. The van der Waals surface area contributed by atoms with E-state index in [9.17, 15) is 9.59 Å². The van der Waals surface area contributed by atoms with E-state index in [1.54, 1.807) is 24.0 Å². The number of fused-ring (bicyclic) bond motifs is 1. The zero-order valence-corrected chi connectivity index (χ0v) is 14.1. The van der Waals surface area contributed by atoms with Gasteiger partial charge in [0.25, 0.3) is 5.56 Å². The third kappa shape index (κ3) is 3.62. The van der Waals surface area contributed by atoms with Gasteiger partial charge in [-0.25, -0.2) is 4.98 Å². The van der Waals surface area contributed by atoms with Gasteiger partial charge in [0.2, 0.25) is 5.91 Å². The monoisotopic (exact) mass is 345 g/mol. The Bertz CT molecular complexity index is 901. The SMILES string of the molecule is CCC(=O)Nc1ccccc1SCc1cc(=O)n2ccsc2n1. The lowest BCUT2D eigenvalue weighted by Crippen LogP contribution is -2.12. The second-order valence-electron chi connectivity index (χ2n) is 4.83. The first kappa shape index (κ1) is 15.8. The molecule has 0 spiro atoms. The second kappa shape index (κ2) is 6.97. The minimum Gasteiger partial charge on any atom is -0.325 e. The summed E-state index contributed by atoms with van der Waals surface area (Å²) < 4.78 is 1.54. The van der Waals surface area contributed by atoms with Gasteiger partial charge in [-0.3, -0.25) is 14.0 Å². The standard InChI is InChI=1S/C16H15N3O2S2/c1-2-14(20)18-12-5-3-4-6-13(12)23-10-11-9-15(21)19-7-8-22-16(19)17-11/h3-9H,2,10H2,1H3,(H,18,20). The number of benzene rings is 1. The Balaban J connectivity index is 1.79. The highest BCUT2D eigenvalue weighted by atomic mass is 32.2. The van der Waals surface area contributed by atoms with Crippen LogP contribution in [0, 0.1) is 0 Å². The zero-order valence-electron chi connectivity index (χ0n) is 12.5. The van der Waals surface area contributed by atoms with Crippen LogP contribution in [0.5, 0.6) is 0 Å². The topological polar surface area (TPSA) is 63.5 Å². The van der Waals surface area contributed by atoms with Gasteiger partial charge >= 0.3 is 0 Å². The van der Waals surface area contributed by atoms with E-state index in [1.165, 1.54) is 15.7 Å². The van der Waals surface area contributed by atoms with Crippen molar-refractivity contribution >= 4 is 39.7 Å². The van der Waals surface area contributed by atoms with E-state index in [0.29, 0.717) is 17.1 Å². The molecule has 3 aromatic rings. The number of hydrogen-bond acceptors (Lipinski definition) is 5. The van der Waals surface area contributed by atoms with Gasteiger partial charge in [0.05, 0.1) is 11.4 Å². The molecule has 0 unspecified atom stereocenters. The Morgan fingerprint density at radius 1 is 1.39 bits per heavy atom. The number of thiazole rings is 1. The van der Waals surface area contributed by atoms with Crippen LogP contribution in [0.1, 0.15) is 19.0 Å². The molecule has 1 N–H and O–H groups in total. The molecule has 7 heteroatoms. The highest BCUT2D eigenvalue weighted by Gasteiger charge is 2.08. The summed E-state index contributed by atoms with van der Waals surface area (Å²) in [6.45, 7) is 1.82. The summed E-state index contributed by atoms with van der Waals surface area (Å²) in [7, 11) is 0. The van der Waals surface area contributed by atoms with Gasteiger partial charge in [-0.1, -0.05) is 19.1 Å². The Kier molecular flexibility index (Phi) is 4.78. The van der Waals surface area contributed by atoms with Gasteiger partial charge in [0.15, 0.2) is 4.96 Å². The van der Waals surface area contributed by atoms with Crippen LogP contribution in [-0.4, -0.2) is 15.3 Å². The molecule has 2 aromatic heterocycles. The molecule has 0 radical (unpaired) electrons. The van der Waals surface area contributed by atoms with E-state index in [0.717, 1.165) is 16.3 Å². The minimum absolute atomic E-state index is 0.0191. The van der Waals surface area contributed by atoms with Crippen LogP contribution in [-0.2, 0) is 10.5 Å². The molecule has 1 aromatic carbocycles. The average Bonchev–Trinajstić information content (AvgIpc) is 3.03. The van der Waals surface area contributed by atoms with Gasteiger partial charge in [-0.2, -0.15) is 0 Å². The molecule has 1 amide bonds. The van der Waals surface area contributed by atoms with Crippen LogP contribution < -0.4 is 10.9 Å². The van der Waals surface area contributed by atoms with Gasteiger partial charge < -0.3 is 5.32 Å². The van der Waals surface area contributed by atoms with Crippen LogP contribution in [0.3, 0.4) is 0 Å². The first-order valence-electron chi connectivity index (χ1n) is 7.15. The molecule has 0 saturated carbocycles. The van der Waals surface area contributed by atoms with Crippen molar-refractivity contribution < 1.29 is 4.79 Å². The Morgan fingerprint density at radius 3 is 3.04 bits per heavy atom. The van der Waals surface area contributed by atoms with Crippen molar-refractivity contribution in [3.63, 3.8) is 0 Å². The summed E-state index contributed by atoms with van der Waals surface area (Å²) in [6, 6.07) is 9.19. The Morgan fingerprint density at radius 2 is 2.22 bits per heavy atom. The lowest BCUT2D eigenvalue weighted by molar-refractivity contribution is -0.115. The third-order valence-electron chi connectivity index (χ3n) is 3.21. The minimum atomic E-state index is -0.0700. The number of rotatable bonds is 5. The summed E-state index contributed by atoms with van der Waals surface area (Å²) >= 11 is 2.99. The average molecular weight is 345 g/mol. The lowest BCUT2D eigenvalue weighted by atomic mass is 10.3. The van der Waals surface area contributed by atoms with Crippen LogP contribution in [0.25, 0.3) is 4.96 Å². The van der Waals surface area contributed by atoms with Crippen molar-refractivity contribution in [1.82, 2.24) is 9.38 Å². The summed E-state index contributed by atoms with van der Waals surface area (Å²) in [5, 5.41) is 4.73. The van der Waals surface area contributed by atoms with E-state index >= 15 is 0 Å². The van der Waals surface area contributed by atoms with E-state index in [1.807, 2.05) is 36.6 Å². The highest BCUT2D eigenvalue weighted by Crippen LogP contribution is 2.29. The lowest BCUT2D eigenvalue weighted by Gasteiger charge is -2.09. The molecule has 0 bridgehead atoms. The van der Waals surface area contributed by atoms with E-state index in [-0.39, 0.29) is 11.5 Å². The summed E-state index contributed by atoms with van der Waals surface area (Å²) in [6.07, 6.45) is 2.16. The third-order valence-corrected chi connectivity index (χ3v) is 5.08. The molecule has 23 heavy (non-hydrogen) atoms. The summed E-state index contributed by atoms with van der Waals surface area (Å²) in [5.41, 5.74) is 1.46. The number of thioether (sulfide) groups is 1. The number of aromatic nitrogens is 2. The van der Waals surface area contributed by atoms with Crippen molar-refractivity contribution in [3.05, 3.63) is 58.0 Å². The molecule has 0 aliphatic carbocycles.